The fraction of sp³-hybridized carbons (Fsp3) is 0.389. The van der Waals surface area contributed by atoms with E-state index in [1.54, 1.807) is 6.20 Å². The van der Waals surface area contributed by atoms with Crippen LogP contribution >= 0.6 is 0 Å². The van der Waals surface area contributed by atoms with E-state index in [0.29, 0.717) is 5.69 Å². The van der Waals surface area contributed by atoms with Crippen molar-refractivity contribution >= 4 is 28.4 Å². The summed E-state index contributed by atoms with van der Waals surface area (Å²) in [4.78, 5) is 30.6. The van der Waals surface area contributed by atoms with Crippen LogP contribution in [0.1, 0.15) is 32.1 Å². The lowest BCUT2D eigenvalue weighted by atomic mass is 10.2. The molecule has 2 aromatic rings. The van der Waals surface area contributed by atoms with Crippen molar-refractivity contribution in [1.29, 1.82) is 0 Å². The quantitative estimate of drug-likeness (QED) is 0.886. The molecule has 2 heterocycles. The van der Waals surface area contributed by atoms with E-state index in [4.69, 9.17) is 0 Å². The van der Waals surface area contributed by atoms with Gasteiger partial charge in [-0.2, -0.15) is 0 Å². The van der Waals surface area contributed by atoms with Gasteiger partial charge in [0.2, 0.25) is 11.8 Å². The van der Waals surface area contributed by atoms with Crippen LogP contribution in [0.2, 0.25) is 0 Å². The van der Waals surface area contributed by atoms with Crippen LogP contribution in [0.15, 0.2) is 36.5 Å². The molecule has 1 aromatic carbocycles. The Labute approximate surface area is 135 Å². The third kappa shape index (κ3) is 3.86. The Bertz CT molecular complexity index is 701. The molecular weight excluding hydrogens is 290 g/mol. The highest BCUT2D eigenvalue weighted by Crippen LogP contribution is 2.21. The van der Waals surface area contributed by atoms with Gasteiger partial charge in [-0.05, 0) is 25.0 Å². The summed E-state index contributed by atoms with van der Waals surface area (Å²) in [6, 6.07) is 9.43. The summed E-state index contributed by atoms with van der Waals surface area (Å²) in [5.74, 6) is -0.366. The predicted molar refractivity (Wildman–Crippen MR) is 90.0 cm³/mol. The average molecular weight is 311 g/mol. The number of hydrogen-bond donors (Lipinski definition) is 1. The van der Waals surface area contributed by atoms with Gasteiger partial charge < -0.3 is 10.2 Å². The molecular formula is C18H21N3O2. The van der Waals surface area contributed by atoms with Gasteiger partial charge in [-0.15, -0.1) is 0 Å². The average Bonchev–Trinajstić information content (AvgIpc) is 2.84. The minimum absolute atomic E-state index is 0.0856. The minimum Gasteiger partial charge on any atom is -0.342 e. The fourth-order valence-electron chi connectivity index (χ4n) is 2.97. The number of para-hydroxylation sites is 1. The molecule has 0 radical (unpaired) electrons. The van der Waals surface area contributed by atoms with Gasteiger partial charge in [0.05, 0.1) is 11.2 Å². The van der Waals surface area contributed by atoms with Gasteiger partial charge in [0.15, 0.2) is 0 Å². The van der Waals surface area contributed by atoms with Crippen molar-refractivity contribution in [1.82, 2.24) is 9.88 Å². The SMILES string of the molecule is O=C(CC(=O)N1CCCCCC1)Nc1cccc2cccnc12. The maximum absolute atomic E-state index is 12.3. The number of carbonyl (C=O) groups excluding carboxylic acids is 2. The van der Waals surface area contributed by atoms with E-state index in [-0.39, 0.29) is 18.2 Å². The number of carbonyl (C=O) groups is 2. The molecule has 0 aliphatic carbocycles. The molecule has 5 heteroatoms. The van der Waals surface area contributed by atoms with Crippen molar-refractivity contribution < 1.29 is 9.59 Å². The van der Waals surface area contributed by atoms with E-state index >= 15 is 0 Å². The Balaban J connectivity index is 1.65. The fourth-order valence-corrected chi connectivity index (χ4v) is 2.97. The summed E-state index contributed by atoms with van der Waals surface area (Å²) in [6.07, 6.45) is 5.97. The highest BCUT2D eigenvalue weighted by Gasteiger charge is 2.19. The van der Waals surface area contributed by atoms with Gasteiger partial charge in [0.1, 0.15) is 6.42 Å². The standard InChI is InChI=1S/C18H21N3O2/c22-16(13-17(23)21-11-3-1-2-4-12-21)20-15-9-5-7-14-8-6-10-19-18(14)15/h5-10H,1-4,11-13H2,(H,20,22). The first-order chi connectivity index (χ1) is 11.2. The first-order valence-electron chi connectivity index (χ1n) is 8.15. The van der Waals surface area contributed by atoms with Crippen LogP contribution in [0.5, 0.6) is 0 Å². The lowest BCUT2D eigenvalue weighted by Gasteiger charge is -2.20. The normalized spacial score (nSPS) is 15.2. The van der Waals surface area contributed by atoms with E-state index in [1.807, 2.05) is 35.2 Å². The van der Waals surface area contributed by atoms with Crippen LogP contribution in [-0.4, -0.2) is 34.8 Å². The summed E-state index contributed by atoms with van der Waals surface area (Å²) in [7, 11) is 0. The number of hydrogen-bond acceptors (Lipinski definition) is 3. The summed E-state index contributed by atoms with van der Waals surface area (Å²) >= 11 is 0. The number of nitrogens with one attached hydrogen (secondary N) is 1. The van der Waals surface area contributed by atoms with Crippen LogP contribution in [-0.2, 0) is 9.59 Å². The van der Waals surface area contributed by atoms with Gasteiger partial charge in [-0.3, -0.25) is 14.6 Å². The van der Waals surface area contributed by atoms with Crippen molar-refractivity contribution in [2.24, 2.45) is 0 Å². The molecule has 23 heavy (non-hydrogen) atoms. The number of amides is 2. The van der Waals surface area contributed by atoms with E-state index in [9.17, 15) is 9.59 Å². The Kier molecular flexibility index (Phi) is 4.86. The van der Waals surface area contributed by atoms with E-state index in [2.05, 4.69) is 10.3 Å². The molecule has 0 bridgehead atoms. The summed E-state index contributed by atoms with van der Waals surface area (Å²) in [5, 5.41) is 3.78. The van der Waals surface area contributed by atoms with Crippen molar-refractivity contribution in [3.05, 3.63) is 36.5 Å². The predicted octanol–water partition coefficient (Wildman–Crippen LogP) is 2.97. The zero-order valence-corrected chi connectivity index (χ0v) is 13.1. The van der Waals surface area contributed by atoms with Gasteiger partial charge in [0, 0.05) is 24.7 Å². The number of pyridine rings is 1. The second kappa shape index (κ2) is 7.22. The van der Waals surface area contributed by atoms with Gasteiger partial charge in [-0.1, -0.05) is 31.0 Å². The van der Waals surface area contributed by atoms with E-state index in [1.165, 1.54) is 0 Å². The highest BCUT2D eigenvalue weighted by molar-refractivity contribution is 6.07. The third-order valence-corrected chi connectivity index (χ3v) is 4.18. The lowest BCUT2D eigenvalue weighted by molar-refractivity contribution is -0.134. The molecule has 3 rings (SSSR count). The number of anilines is 1. The largest absolute Gasteiger partial charge is 0.342 e. The zero-order chi connectivity index (χ0) is 16.1. The van der Waals surface area contributed by atoms with E-state index in [0.717, 1.165) is 49.7 Å². The Morgan fingerprint density at radius 3 is 2.57 bits per heavy atom. The molecule has 1 aliphatic rings. The van der Waals surface area contributed by atoms with Gasteiger partial charge in [-0.25, -0.2) is 0 Å². The minimum atomic E-state index is -0.280. The molecule has 120 valence electrons. The molecule has 1 N–H and O–H groups in total. The van der Waals surface area contributed by atoms with Gasteiger partial charge >= 0.3 is 0 Å². The molecule has 0 atom stereocenters. The first-order valence-corrected chi connectivity index (χ1v) is 8.15. The second-order valence-corrected chi connectivity index (χ2v) is 5.90. The van der Waals surface area contributed by atoms with Crippen molar-refractivity contribution in [3.63, 3.8) is 0 Å². The zero-order valence-electron chi connectivity index (χ0n) is 13.1. The van der Waals surface area contributed by atoms with Crippen LogP contribution in [0.25, 0.3) is 10.9 Å². The summed E-state index contributed by atoms with van der Waals surface area (Å²) < 4.78 is 0. The molecule has 1 aliphatic heterocycles. The molecule has 0 unspecified atom stereocenters. The number of benzene rings is 1. The number of rotatable bonds is 3. The molecule has 1 fully saturated rings. The summed E-state index contributed by atoms with van der Waals surface area (Å²) in [6.45, 7) is 1.53. The van der Waals surface area contributed by atoms with Crippen molar-refractivity contribution in [2.75, 3.05) is 18.4 Å². The Morgan fingerprint density at radius 2 is 1.78 bits per heavy atom. The number of aromatic nitrogens is 1. The molecule has 0 saturated carbocycles. The second-order valence-electron chi connectivity index (χ2n) is 5.90. The highest BCUT2D eigenvalue weighted by atomic mass is 16.2. The monoisotopic (exact) mass is 311 g/mol. The topological polar surface area (TPSA) is 62.3 Å². The van der Waals surface area contributed by atoms with E-state index < -0.39 is 0 Å². The molecule has 1 saturated heterocycles. The summed E-state index contributed by atoms with van der Waals surface area (Å²) in [5.41, 5.74) is 1.39. The third-order valence-electron chi connectivity index (χ3n) is 4.18. The van der Waals surface area contributed by atoms with Gasteiger partial charge in [0.25, 0.3) is 0 Å². The number of fused-ring (bicyclic) bond motifs is 1. The lowest BCUT2D eigenvalue weighted by Crippen LogP contribution is -2.34. The van der Waals surface area contributed by atoms with Crippen molar-refractivity contribution in [3.8, 4) is 0 Å². The maximum Gasteiger partial charge on any atom is 0.233 e. The smallest absolute Gasteiger partial charge is 0.233 e. The molecule has 2 amide bonds. The Morgan fingerprint density at radius 1 is 1.04 bits per heavy atom. The van der Waals surface area contributed by atoms with Crippen LogP contribution in [0.4, 0.5) is 5.69 Å². The van der Waals surface area contributed by atoms with Crippen molar-refractivity contribution in [2.45, 2.75) is 32.1 Å². The Hall–Kier alpha value is -2.43. The molecule has 1 aromatic heterocycles. The van der Waals surface area contributed by atoms with Crippen LogP contribution in [0.3, 0.4) is 0 Å². The maximum atomic E-state index is 12.3. The number of likely N-dealkylation sites (tertiary alicyclic amines) is 1. The molecule has 5 nitrogen and oxygen atoms in total. The van der Waals surface area contributed by atoms with Crippen LogP contribution in [0, 0.1) is 0 Å². The molecule has 0 spiro atoms. The first kappa shape index (κ1) is 15.5. The van der Waals surface area contributed by atoms with Crippen LogP contribution < -0.4 is 5.32 Å². The number of nitrogens with zero attached hydrogens (tertiary/aromatic N) is 2.